The van der Waals surface area contributed by atoms with E-state index in [4.69, 9.17) is 9.72 Å². The topological polar surface area (TPSA) is 35.9 Å². The number of para-hydroxylation sites is 2. The van der Waals surface area contributed by atoms with Crippen molar-refractivity contribution in [1.29, 1.82) is 0 Å². The second kappa shape index (κ2) is 15.0. The molecule has 0 aliphatic carbocycles. The van der Waals surface area contributed by atoms with Crippen LogP contribution < -0.4 is 9.30 Å². The van der Waals surface area contributed by atoms with Gasteiger partial charge in [0.15, 0.2) is 0 Å². The van der Waals surface area contributed by atoms with Crippen molar-refractivity contribution < 1.29 is 30.4 Å². The Bertz CT molecular complexity index is 2700. The number of nitrogens with zero attached hydrogens (tertiary/aromatic N) is 4. The van der Waals surface area contributed by atoms with Gasteiger partial charge in [0.2, 0.25) is 0 Å². The molecule has 9 aromatic rings. The zero-order chi connectivity index (χ0) is 36.6. The van der Waals surface area contributed by atoms with Crippen molar-refractivity contribution in [3.8, 4) is 50.9 Å². The van der Waals surface area contributed by atoms with Gasteiger partial charge in [-0.3, -0.25) is 4.57 Å². The van der Waals surface area contributed by atoms with E-state index >= 15 is 0 Å². The molecule has 0 radical (unpaired) electrons. The summed E-state index contributed by atoms with van der Waals surface area (Å²) < 4.78 is 12.7. The van der Waals surface area contributed by atoms with Crippen LogP contribution in [-0.4, -0.2) is 14.1 Å². The number of ether oxygens (including phenoxy) is 1. The molecule has 0 saturated heterocycles. The Labute approximate surface area is 336 Å². The Morgan fingerprint density at radius 1 is 0.673 bits per heavy atom. The van der Waals surface area contributed by atoms with Crippen LogP contribution in [0.15, 0.2) is 164 Å². The molecule has 0 bridgehead atoms. The van der Waals surface area contributed by atoms with E-state index in [0.29, 0.717) is 11.5 Å². The minimum atomic E-state index is 0. The van der Waals surface area contributed by atoms with E-state index in [0.717, 1.165) is 67.7 Å². The quantitative estimate of drug-likeness (QED) is 0.113. The molecule has 0 saturated carbocycles. The SMILES string of the molecule is CC(C)(C)Cc1ccnc(-n2c3[c-]c(Oc4[c-]c(-n5[c-][n+](-c6c(-c7ccccc7)cccc6-c6ccccc6)cc5)ccc4)ccc3c3ccccc32)c1.[Pt]. The monoisotopic (exact) mass is 893 g/mol. The fourth-order valence-corrected chi connectivity index (χ4v) is 7.31. The summed E-state index contributed by atoms with van der Waals surface area (Å²) in [7, 11) is 0. The number of rotatable bonds is 8. The molecule has 0 fully saturated rings. The first-order chi connectivity index (χ1) is 26.4. The van der Waals surface area contributed by atoms with Crippen LogP contribution in [0, 0.1) is 23.9 Å². The number of aromatic nitrogens is 4. The molecule has 0 unspecified atom stereocenters. The first-order valence-electron chi connectivity index (χ1n) is 18.3. The van der Waals surface area contributed by atoms with Crippen molar-refractivity contribution in [2.75, 3.05) is 0 Å². The van der Waals surface area contributed by atoms with Crippen LogP contribution in [0.5, 0.6) is 11.5 Å². The number of hydrogen-bond acceptors (Lipinski definition) is 2. The van der Waals surface area contributed by atoms with E-state index in [1.54, 1.807) is 0 Å². The van der Waals surface area contributed by atoms with Crippen molar-refractivity contribution in [3.63, 3.8) is 0 Å². The van der Waals surface area contributed by atoms with Crippen LogP contribution in [0.2, 0.25) is 0 Å². The smallest absolute Gasteiger partial charge is 0.267 e. The molecule has 0 aliphatic rings. The number of benzene rings is 6. The van der Waals surface area contributed by atoms with Crippen LogP contribution in [0.3, 0.4) is 0 Å². The van der Waals surface area contributed by atoms with Gasteiger partial charge in [-0.1, -0.05) is 123 Å². The molecule has 6 aromatic carbocycles. The van der Waals surface area contributed by atoms with E-state index in [-0.39, 0.29) is 26.5 Å². The molecule has 6 heteroatoms. The van der Waals surface area contributed by atoms with Gasteiger partial charge in [-0.2, -0.15) is 18.2 Å². The van der Waals surface area contributed by atoms with Crippen molar-refractivity contribution in [2.24, 2.45) is 5.41 Å². The Kier molecular flexibility index (Phi) is 9.82. The molecule has 3 heterocycles. The van der Waals surface area contributed by atoms with Crippen molar-refractivity contribution in [2.45, 2.75) is 27.2 Å². The van der Waals surface area contributed by atoms with Gasteiger partial charge in [0.25, 0.3) is 6.33 Å². The summed E-state index contributed by atoms with van der Waals surface area (Å²) in [6.45, 7) is 6.78. The maximum absolute atomic E-state index is 6.49. The average molecular weight is 894 g/mol. The number of pyridine rings is 1. The summed E-state index contributed by atoms with van der Waals surface area (Å²) in [5, 5.41) is 2.24. The average Bonchev–Trinajstić information content (AvgIpc) is 3.81. The van der Waals surface area contributed by atoms with Crippen LogP contribution in [-0.2, 0) is 27.5 Å². The van der Waals surface area contributed by atoms with Crippen LogP contribution in [0.1, 0.15) is 26.3 Å². The van der Waals surface area contributed by atoms with Gasteiger partial charge in [0.1, 0.15) is 5.82 Å². The molecule has 3 aromatic heterocycles. The van der Waals surface area contributed by atoms with Gasteiger partial charge in [0, 0.05) is 56.7 Å². The molecule has 9 rings (SSSR count). The molecular formula is C49H38N4OPt-2. The molecule has 0 aliphatic heterocycles. The molecule has 0 spiro atoms. The van der Waals surface area contributed by atoms with Crippen molar-refractivity contribution >= 4 is 21.8 Å². The fourth-order valence-electron chi connectivity index (χ4n) is 7.31. The molecule has 5 nitrogen and oxygen atoms in total. The largest absolute Gasteiger partial charge is 0.510 e. The summed E-state index contributed by atoms with van der Waals surface area (Å²) in [5.41, 5.74) is 9.79. The first-order valence-corrected chi connectivity index (χ1v) is 18.3. The zero-order valence-electron chi connectivity index (χ0n) is 30.8. The summed E-state index contributed by atoms with van der Waals surface area (Å²) in [6.07, 6.45) is 10.5. The number of fused-ring (bicyclic) bond motifs is 3. The van der Waals surface area contributed by atoms with E-state index in [9.17, 15) is 0 Å². The molecule has 0 atom stereocenters. The Morgan fingerprint density at radius 2 is 1.35 bits per heavy atom. The van der Waals surface area contributed by atoms with Gasteiger partial charge in [-0.25, -0.2) is 4.98 Å². The zero-order valence-corrected chi connectivity index (χ0v) is 33.1. The van der Waals surface area contributed by atoms with Gasteiger partial charge in [-0.15, -0.1) is 29.7 Å². The van der Waals surface area contributed by atoms with Gasteiger partial charge >= 0.3 is 0 Å². The molecular weight excluding hydrogens is 856 g/mol. The van der Waals surface area contributed by atoms with E-state index in [1.165, 1.54) is 5.56 Å². The summed E-state index contributed by atoms with van der Waals surface area (Å²) in [6, 6.07) is 57.2. The molecule has 55 heavy (non-hydrogen) atoms. The summed E-state index contributed by atoms with van der Waals surface area (Å²) in [5.74, 6) is 2.05. The van der Waals surface area contributed by atoms with E-state index < -0.39 is 0 Å². The number of imidazole rings is 1. The standard InChI is InChI=1S/C49H38N4O.Pt/c1-49(2,3)33-35-26-27-50-47(30-35)53-45-23-11-10-20-43(45)44-25-24-40(32-46(44)53)54-39-19-12-18-38(31-39)51-28-29-52(34-51)48-41(36-14-6-4-7-15-36)21-13-22-42(48)37-16-8-5-9-17-37;/h4-30H,33H2,1-3H3;/q-2;. The van der Waals surface area contributed by atoms with E-state index in [1.807, 2.05) is 59.6 Å². The van der Waals surface area contributed by atoms with Crippen LogP contribution in [0.4, 0.5) is 0 Å². The fraction of sp³-hybridized carbons (Fsp3) is 0.102. The van der Waals surface area contributed by atoms with Crippen LogP contribution in [0.25, 0.3) is 61.3 Å². The van der Waals surface area contributed by atoms with Gasteiger partial charge in [-0.05, 0) is 68.9 Å². The maximum atomic E-state index is 6.49. The Hall–Kier alpha value is -6.03. The predicted molar refractivity (Wildman–Crippen MR) is 216 cm³/mol. The minimum absolute atomic E-state index is 0. The van der Waals surface area contributed by atoms with Crippen LogP contribution >= 0.6 is 0 Å². The molecule has 0 amide bonds. The third-order valence-corrected chi connectivity index (χ3v) is 9.59. The Morgan fingerprint density at radius 3 is 2.07 bits per heavy atom. The normalized spacial score (nSPS) is 11.5. The van der Waals surface area contributed by atoms with E-state index in [2.05, 4.69) is 158 Å². The summed E-state index contributed by atoms with van der Waals surface area (Å²) in [4.78, 5) is 4.83. The third-order valence-electron chi connectivity index (χ3n) is 9.59. The van der Waals surface area contributed by atoms with Gasteiger partial charge in [0.05, 0.1) is 5.69 Å². The minimum Gasteiger partial charge on any atom is -0.510 e. The number of hydrogen-bond donors (Lipinski definition) is 0. The predicted octanol–water partition coefficient (Wildman–Crippen LogP) is 11.4. The first kappa shape index (κ1) is 36.0. The maximum Gasteiger partial charge on any atom is 0.267 e. The second-order valence-electron chi connectivity index (χ2n) is 14.8. The third kappa shape index (κ3) is 7.28. The van der Waals surface area contributed by atoms with Crippen molar-refractivity contribution in [3.05, 3.63) is 188 Å². The van der Waals surface area contributed by atoms with Gasteiger partial charge < -0.3 is 13.9 Å². The summed E-state index contributed by atoms with van der Waals surface area (Å²) >= 11 is 0. The Balaban J connectivity index is 0.00000427. The van der Waals surface area contributed by atoms with Crippen molar-refractivity contribution in [1.82, 2.24) is 14.1 Å². The molecule has 272 valence electrons. The second-order valence-corrected chi connectivity index (χ2v) is 14.8. The molecule has 0 N–H and O–H groups in total.